The second-order valence-corrected chi connectivity index (χ2v) is 5.49. The van der Waals surface area contributed by atoms with Crippen LogP contribution in [0.2, 0.25) is 0 Å². The minimum Gasteiger partial charge on any atom is -0.491 e. The number of nitrogens with one attached hydrogen (secondary N) is 1. The lowest BCUT2D eigenvalue weighted by Crippen LogP contribution is -2.27. The van der Waals surface area contributed by atoms with Gasteiger partial charge in [-0.2, -0.15) is 0 Å². The number of benzene rings is 2. The Hall–Kier alpha value is -2.33. The van der Waals surface area contributed by atoms with Gasteiger partial charge in [0.15, 0.2) is 0 Å². The van der Waals surface area contributed by atoms with E-state index in [-0.39, 0.29) is 12.0 Å². The molecule has 4 heteroatoms. The highest BCUT2D eigenvalue weighted by atomic mass is 16.5. The second kappa shape index (κ2) is 8.96. The molecule has 0 fully saturated rings. The van der Waals surface area contributed by atoms with Crippen molar-refractivity contribution in [2.75, 3.05) is 13.2 Å². The van der Waals surface area contributed by atoms with E-state index >= 15 is 0 Å². The molecular weight excluding hydrogens is 290 g/mol. The molecule has 0 aliphatic carbocycles. The van der Waals surface area contributed by atoms with Crippen LogP contribution in [0.25, 0.3) is 0 Å². The van der Waals surface area contributed by atoms with Gasteiger partial charge in [0.05, 0.1) is 19.3 Å². The van der Waals surface area contributed by atoms with Gasteiger partial charge in [0, 0.05) is 12.1 Å². The molecular formula is C19H23NO3. The third-order valence-electron chi connectivity index (χ3n) is 3.13. The van der Waals surface area contributed by atoms with Crippen molar-refractivity contribution in [3.05, 3.63) is 65.7 Å². The molecule has 1 N–H and O–H groups in total. The summed E-state index contributed by atoms with van der Waals surface area (Å²) in [4.78, 5) is 12.0. The summed E-state index contributed by atoms with van der Waals surface area (Å²) < 4.78 is 11.1. The second-order valence-electron chi connectivity index (χ2n) is 5.49. The summed E-state index contributed by atoms with van der Waals surface area (Å²) in [7, 11) is 0. The number of amides is 1. The third-order valence-corrected chi connectivity index (χ3v) is 3.13. The Morgan fingerprint density at radius 1 is 1.04 bits per heavy atom. The van der Waals surface area contributed by atoms with Crippen LogP contribution in [-0.2, 0) is 11.3 Å². The van der Waals surface area contributed by atoms with Crippen molar-refractivity contribution in [3.8, 4) is 5.75 Å². The quantitative estimate of drug-likeness (QED) is 0.760. The zero-order valence-corrected chi connectivity index (χ0v) is 13.6. The Labute approximate surface area is 137 Å². The highest BCUT2D eigenvalue weighted by Gasteiger charge is 2.05. The van der Waals surface area contributed by atoms with Crippen molar-refractivity contribution in [3.63, 3.8) is 0 Å². The smallest absolute Gasteiger partial charge is 0.251 e. The largest absolute Gasteiger partial charge is 0.491 e. The van der Waals surface area contributed by atoms with Gasteiger partial charge in [-0.3, -0.25) is 4.79 Å². The predicted octanol–water partition coefficient (Wildman–Crippen LogP) is 3.42. The molecule has 4 nitrogen and oxygen atoms in total. The normalized spacial score (nSPS) is 10.6. The lowest BCUT2D eigenvalue weighted by atomic mass is 10.2. The van der Waals surface area contributed by atoms with Crippen LogP contribution in [0, 0.1) is 0 Å². The van der Waals surface area contributed by atoms with E-state index in [1.54, 1.807) is 24.3 Å². The molecule has 0 heterocycles. The van der Waals surface area contributed by atoms with Crippen molar-refractivity contribution >= 4 is 5.91 Å². The number of rotatable bonds is 8. The van der Waals surface area contributed by atoms with Gasteiger partial charge >= 0.3 is 0 Å². The standard InChI is InChI=1S/C19H23NO3/c1-15(2)23-18-10-8-17(9-11-18)19(21)20-12-13-22-14-16-6-4-3-5-7-16/h3-11,15H,12-14H2,1-2H3,(H,20,21). The van der Waals surface area contributed by atoms with Gasteiger partial charge in [-0.1, -0.05) is 30.3 Å². The van der Waals surface area contributed by atoms with E-state index in [2.05, 4.69) is 5.32 Å². The van der Waals surface area contributed by atoms with Gasteiger partial charge in [-0.25, -0.2) is 0 Å². The van der Waals surface area contributed by atoms with E-state index in [0.717, 1.165) is 11.3 Å². The van der Waals surface area contributed by atoms with Crippen LogP contribution in [0.4, 0.5) is 0 Å². The van der Waals surface area contributed by atoms with Crippen LogP contribution in [-0.4, -0.2) is 25.2 Å². The summed E-state index contributed by atoms with van der Waals surface area (Å²) in [5.41, 5.74) is 1.74. The minimum atomic E-state index is -0.107. The fraction of sp³-hybridized carbons (Fsp3) is 0.316. The van der Waals surface area contributed by atoms with Crippen molar-refractivity contribution in [2.45, 2.75) is 26.6 Å². The average molecular weight is 313 g/mol. The van der Waals surface area contributed by atoms with Crippen LogP contribution in [0.1, 0.15) is 29.8 Å². The monoisotopic (exact) mass is 313 g/mol. The summed E-state index contributed by atoms with van der Waals surface area (Å²) in [6.07, 6.45) is 0.122. The first kappa shape index (κ1) is 17.0. The SMILES string of the molecule is CC(C)Oc1ccc(C(=O)NCCOCc2ccccc2)cc1. The van der Waals surface area contributed by atoms with E-state index in [1.165, 1.54) is 0 Å². The Morgan fingerprint density at radius 2 is 1.74 bits per heavy atom. The zero-order chi connectivity index (χ0) is 16.5. The number of carbonyl (C=O) groups is 1. The first-order chi connectivity index (χ1) is 11.1. The number of ether oxygens (including phenoxy) is 2. The molecule has 0 spiro atoms. The van der Waals surface area contributed by atoms with Gasteiger partial charge in [-0.05, 0) is 43.7 Å². The summed E-state index contributed by atoms with van der Waals surface area (Å²) in [5.74, 6) is 0.659. The van der Waals surface area contributed by atoms with Crippen molar-refractivity contribution in [2.24, 2.45) is 0 Å². The Kier molecular flexibility index (Phi) is 6.63. The Morgan fingerprint density at radius 3 is 2.39 bits per heavy atom. The lowest BCUT2D eigenvalue weighted by molar-refractivity contribution is 0.0901. The number of hydrogen-bond acceptors (Lipinski definition) is 3. The predicted molar refractivity (Wildman–Crippen MR) is 90.6 cm³/mol. The summed E-state index contributed by atoms with van der Waals surface area (Å²) in [6.45, 7) is 5.45. The molecule has 0 aromatic heterocycles. The highest BCUT2D eigenvalue weighted by Crippen LogP contribution is 2.13. The lowest BCUT2D eigenvalue weighted by Gasteiger charge is -2.10. The van der Waals surface area contributed by atoms with Crippen LogP contribution in [0.3, 0.4) is 0 Å². The molecule has 0 saturated carbocycles. The fourth-order valence-electron chi connectivity index (χ4n) is 2.06. The summed E-state index contributed by atoms with van der Waals surface area (Å²) >= 11 is 0. The molecule has 1 amide bonds. The fourth-order valence-corrected chi connectivity index (χ4v) is 2.06. The molecule has 23 heavy (non-hydrogen) atoms. The average Bonchev–Trinajstić information content (AvgIpc) is 2.55. The molecule has 2 aromatic rings. The van der Waals surface area contributed by atoms with Gasteiger partial charge in [-0.15, -0.1) is 0 Å². The van der Waals surface area contributed by atoms with Gasteiger partial charge in [0.2, 0.25) is 0 Å². The molecule has 0 aliphatic rings. The van der Waals surface area contributed by atoms with Crippen molar-refractivity contribution < 1.29 is 14.3 Å². The van der Waals surface area contributed by atoms with E-state index in [9.17, 15) is 4.79 Å². The highest BCUT2D eigenvalue weighted by molar-refractivity contribution is 5.94. The first-order valence-electron chi connectivity index (χ1n) is 7.82. The molecule has 2 aromatic carbocycles. The zero-order valence-electron chi connectivity index (χ0n) is 13.6. The Bertz CT molecular complexity index is 594. The molecule has 0 atom stereocenters. The maximum absolute atomic E-state index is 12.0. The molecule has 0 saturated heterocycles. The summed E-state index contributed by atoms with van der Waals surface area (Å²) in [5, 5.41) is 2.84. The molecule has 2 rings (SSSR count). The number of carbonyl (C=O) groups excluding carboxylic acids is 1. The van der Waals surface area contributed by atoms with E-state index in [4.69, 9.17) is 9.47 Å². The number of hydrogen-bond donors (Lipinski definition) is 1. The molecule has 122 valence electrons. The third kappa shape index (κ3) is 6.12. The van der Waals surface area contributed by atoms with Gasteiger partial charge in [0.1, 0.15) is 5.75 Å². The van der Waals surface area contributed by atoms with Gasteiger partial charge < -0.3 is 14.8 Å². The first-order valence-corrected chi connectivity index (χ1v) is 7.82. The van der Waals surface area contributed by atoms with Crippen molar-refractivity contribution in [1.82, 2.24) is 5.32 Å². The molecule has 0 aliphatic heterocycles. The summed E-state index contributed by atoms with van der Waals surface area (Å²) in [6, 6.07) is 17.1. The van der Waals surface area contributed by atoms with Crippen LogP contribution < -0.4 is 10.1 Å². The molecule has 0 bridgehead atoms. The van der Waals surface area contributed by atoms with Crippen LogP contribution >= 0.6 is 0 Å². The molecule has 0 unspecified atom stereocenters. The maximum atomic E-state index is 12.0. The maximum Gasteiger partial charge on any atom is 0.251 e. The van der Waals surface area contributed by atoms with E-state index in [1.807, 2.05) is 44.2 Å². The minimum absolute atomic E-state index is 0.107. The van der Waals surface area contributed by atoms with Gasteiger partial charge in [0.25, 0.3) is 5.91 Å². The molecule has 0 radical (unpaired) electrons. The Balaban J connectivity index is 1.68. The van der Waals surface area contributed by atoms with Crippen molar-refractivity contribution in [1.29, 1.82) is 0 Å². The van der Waals surface area contributed by atoms with E-state index < -0.39 is 0 Å². The topological polar surface area (TPSA) is 47.6 Å². The van der Waals surface area contributed by atoms with Crippen LogP contribution in [0.5, 0.6) is 5.75 Å². The van der Waals surface area contributed by atoms with Crippen LogP contribution in [0.15, 0.2) is 54.6 Å². The van der Waals surface area contributed by atoms with E-state index in [0.29, 0.717) is 25.3 Å².